The van der Waals surface area contributed by atoms with Gasteiger partial charge < -0.3 is 10.8 Å². The molecule has 0 spiro atoms. The number of aliphatic hydroxyl groups is 1. The van der Waals surface area contributed by atoms with Gasteiger partial charge in [0.2, 0.25) is 0 Å². The fourth-order valence-electron chi connectivity index (χ4n) is 2.36. The fourth-order valence-corrected chi connectivity index (χ4v) is 3.32. The zero-order valence-electron chi connectivity index (χ0n) is 13.0. The summed E-state index contributed by atoms with van der Waals surface area (Å²) in [5.74, 6) is 0. The molecule has 0 radical (unpaired) electrons. The van der Waals surface area contributed by atoms with Crippen LogP contribution in [0.4, 0.5) is 5.69 Å². The van der Waals surface area contributed by atoms with Crippen molar-refractivity contribution in [3.63, 3.8) is 0 Å². The van der Waals surface area contributed by atoms with Crippen molar-refractivity contribution in [2.24, 2.45) is 5.41 Å². The van der Waals surface area contributed by atoms with Crippen LogP contribution >= 0.6 is 11.3 Å². The van der Waals surface area contributed by atoms with Crippen LogP contribution in [-0.2, 0) is 0 Å². The Bertz CT molecular complexity index is 800. The third-order valence-corrected chi connectivity index (χ3v) is 4.79. The van der Waals surface area contributed by atoms with Gasteiger partial charge in [0, 0.05) is 11.3 Å². The average Bonchev–Trinajstić information content (AvgIpc) is 2.89. The van der Waals surface area contributed by atoms with E-state index in [-0.39, 0.29) is 5.41 Å². The highest BCUT2D eigenvalue weighted by Gasteiger charge is 2.24. The number of aliphatic hydroxyl groups excluding tert-OH is 1. The van der Waals surface area contributed by atoms with E-state index in [4.69, 9.17) is 10.7 Å². The molecule has 0 saturated heterocycles. The topological polar surface area (TPSA) is 59.1 Å². The smallest absolute Gasteiger partial charge is 0.124 e. The highest BCUT2D eigenvalue weighted by molar-refractivity contribution is 7.21. The summed E-state index contributed by atoms with van der Waals surface area (Å²) in [6, 6.07) is 13.8. The van der Waals surface area contributed by atoms with Gasteiger partial charge in [-0.1, -0.05) is 26.8 Å². The summed E-state index contributed by atoms with van der Waals surface area (Å²) in [6.07, 6.45) is -0.501. The first-order chi connectivity index (χ1) is 10.3. The maximum absolute atomic E-state index is 10.4. The second kappa shape index (κ2) is 5.38. The first kappa shape index (κ1) is 15.0. The van der Waals surface area contributed by atoms with E-state index in [0.29, 0.717) is 0 Å². The van der Waals surface area contributed by atoms with Crippen LogP contribution in [0.1, 0.15) is 32.4 Å². The number of anilines is 1. The molecule has 1 heterocycles. The predicted octanol–water partition coefficient (Wildman–Crippen LogP) is 4.63. The van der Waals surface area contributed by atoms with Crippen LogP contribution in [0.2, 0.25) is 0 Å². The number of benzene rings is 2. The minimum absolute atomic E-state index is 0.191. The van der Waals surface area contributed by atoms with E-state index >= 15 is 0 Å². The highest BCUT2D eigenvalue weighted by Crippen LogP contribution is 2.36. The third kappa shape index (κ3) is 2.85. The van der Waals surface area contributed by atoms with Crippen LogP contribution in [0.15, 0.2) is 42.5 Å². The van der Waals surface area contributed by atoms with E-state index in [1.165, 1.54) is 0 Å². The quantitative estimate of drug-likeness (QED) is 0.678. The highest BCUT2D eigenvalue weighted by atomic mass is 32.1. The first-order valence-electron chi connectivity index (χ1n) is 7.29. The summed E-state index contributed by atoms with van der Waals surface area (Å²) < 4.78 is 1.12. The molecule has 3 N–H and O–H groups in total. The van der Waals surface area contributed by atoms with E-state index in [1.807, 2.05) is 63.2 Å². The molecule has 0 aliphatic heterocycles. The molecule has 3 nitrogen and oxygen atoms in total. The Balaban J connectivity index is 2.02. The molecule has 2 aromatic carbocycles. The molecule has 0 saturated carbocycles. The van der Waals surface area contributed by atoms with E-state index < -0.39 is 6.10 Å². The lowest BCUT2D eigenvalue weighted by Crippen LogP contribution is -2.17. The molecule has 3 aromatic rings. The van der Waals surface area contributed by atoms with Crippen molar-refractivity contribution in [1.29, 1.82) is 0 Å². The monoisotopic (exact) mass is 312 g/mol. The second-order valence-electron chi connectivity index (χ2n) is 6.64. The number of fused-ring (bicyclic) bond motifs is 1. The number of thiazole rings is 1. The Hall–Kier alpha value is -1.91. The summed E-state index contributed by atoms with van der Waals surface area (Å²) >= 11 is 1.65. The maximum atomic E-state index is 10.4. The molecule has 0 fully saturated rings. The summed E-state index contributed by atoms with van der Waals surface area (Å²) in [7, 11) is 0. The van der Waals surface area contributed by atoms with Crippen LogP contribution < -0.4 is 5.73 Å². The molecule has 0 bridgehead atoms. The molecular weight excluding hydrogens is 292 g/mol. The molecule has 0 amide bonds. The van der Waals surface area contributed by atoms with Crippen molar-refractivity contribution >= 4 is 27.2 Å². The molecule has 1 atom stereocenters. The number of nitrogens with two attached hydrogens (primary N) is 1. The van der Waals surface area contributed by atoms with Crippen molar-refractivity contribution < 1.29 is 5.11 Å². The normalized spacial score (nSPS) is 13.5. The van der Waals surface area contributed by atoms with E-state index in [1.54, 1.807) is 11.3 Å². The number of nitrogen functional groups attached to an aromatic ring is 1. The molecule has 0 aliphatic carbocycles. The number of aromatic nitrogens is 1. The van der Waals surface area contributed by atoms with Crippen molar-refractivity contribution in [3.8, 4) is 10.6 Å². The summed E-state index contributed by atoms with van der Waals surface area (Å²) in [5.41, 5.74) is 9.19. The zero-order valence-corrected chi connectivity index (χ0v) is 13.8. The van der Waals surface area contributed by atoms with Gasteiger partial charge in [-0.25, -0.2) is 4.98 Å². The number of nitrogens with zero attached hydrogens (tertiary/aromatic N) is 1. The lowest BCUT2D eigenvalue weighted by atomic mass is 9.85. The van der Waals surface area contributed by atoms with Gasteiger partial charge in [-0.2, -0.15) is 0 Å². The lowest BCUT2D eigenvalue weighted by molar-refractivity contribution is 0.0628. The van der Waals surface area contributed by atoms with Crippen LogP contribution in [0.25, 0.3) is 20.8 Å². The van der Waals surface area contributed by atoms with Crippen molar-refractivity contribution in [3.05, 3.63) is 48.0 Å². The van der Waals surface area contributed by atoms with Crippen molar-refractivity contribution in [1.82, 2.24) is 4.98 Å². The minimum Gasteiger partial charge on any atom is -0.399 e. The van der Waals surface area contributed by atoms with Gasteiger partial charge in [-0.3, -0.25) is 0 Å². The van der Waals surface area contributed by atoms with Gasteiger partial charge in [-0.15, -0.1) is 11.3 Å². The number of hydrogen-bond donors (Lipinski definition) is 2. The molecule has 114 valence electrons. The minimum atomic E-state index is -0.501. The van der Waals surface area contributed by atoms with E-state index in [9.17, 15) is 5.11 Å². The van der Waals surface area contributed by atoms with Gasteiger partial charge in [0.15, 0.2) is 0 Å². The number of rotatable bonds is 2. The Morgan fingerprint density at radius 1 is 1.09 bits per heavy atom. The van der Waals surface area contributed by atoms with Gasteiger partial charge in [0.25, 0.3) is 0 Å². The Morgan fingerprint density at radius 3 is 2.41 bits per heavy atom. The van der Waals surface area contributed by atoms with Crippen LogP contribution in [0.5, 0.6) is 0 Å². The van der Waals surface area contributed by atoms with Crippen molar-refractivity contribution in [2.45, 2.75) is 26.9 Å². The van der Waals surface area contributed by atoms with Crippen molar-refractivity contribution in [2.75, 3.05) is 5.73 Å². The molecule has 1 aromatic heterocycles. The van der Waals surface area contributed by atoms with E-state index in [0.717, 1.165) is 32.0 Å². The third-order valence-electron chi connectivity index (χ3n) is 3.71. The van der Waals surface area contributed by atoms with Crippen LogP contribution in [-0.4, -0.2) is 10.1 Å². The van der Waals surface area contributed by atoms with Crippen LogP contribution in [0, 0.1) is 5.41 Å². The SMILES string of the molecule is CC(C)(C)C(O)c1ccc2sc(-c3ccc(N)cc3)nc2c1. The summed E-state index contributed by atoms with van der Waals surface area (Å²) in [5, 5.41) is 11.4. The molecule has 22 heavy (non-hydrogen) atoms. The molecule has 1 unspecified atom stereocenters. The molecular formula is C18H20N2OS. The molecule has 4 heteroatoms. The fraction of sp³-hybridized carbons (Fsp3) is 0.278. The number of hydrogen-bond acceptors (Lipinski definition) is 4. The van der Waals surface area contributed by atoms with Crippen LogP contribution in [0.3, 0.4) is 0 Å². The zero-order chi connectivity index (χ0) is 15.9. The van der Waals surface area contributed by atoms with Gasteiger partial charge in [0.1, 0.15) is 5.01 Å². The molecule has 0 aliphatic rings. The van der Waals surface area contributed by atoms with Gasteiger partial charge in [0.05, 0.1) is 16.3 Å². The Kier molecular flexibility index (Phi) is 3.67. The van der Waals surface area contributed by atoms with Gasteiger partial charge in [-0.05, 0) is 47.4 Å². The summed E-state index contributed by atoms with van der Waals surface area (Å²) in [6.45, 7) is 6.09. The first-order valence-corrected chi connectivity index (χ1v) is 8.11. The standard InChI is InChI=1S/C18H20N2OS/c1-18(2,3)16(21)12-6-9-15-14(10-12)20-17(22-15)11-4-7-13(19)8-5-11/h4-10,16,21H,19H2,1-3H3. The molecule has 3 rings (SSSR count). The largest absolute Gasteiger partial charge is 0.399 e. The van der Waals surface area contributed by atoms with Gasteiger partial charge >= 0.3 is 0 Å². The Labute approximate surface area is 134 Å². The predicted molar refractivity (Wildman–Crippen MR) is 93.9 cm³/mol. The Morgan fingerprint density at radius 2 is 1.77 bits per heavy atom. The lowest BCUT2D eigenvalue weighted by Gasteiger charge is -2.26. The average molecular weight is 312 g/mol. The van der Waals surface area contributed by atoms with E-state index in [2.05, 4.69) is 0 Å². The summed E-state index contributed by atoms with van der Waals surface area (Å²) in [4.78, 5) is 4.70. The second-order valence-corrected chi connectivity index (χ2v) is 7.67. The maximum Gasteiger partial charge on any atom is 0.124 e.